The van der Waals surface area contributed by atoms with Crippen LogP contribution in [0.25, 0.3) is 0 Å². The van der Waals surface area contributed by atoms with Crippen LogP contribution in [0, 0.1) is 0 Å². The fraction of sp³-hybridized carbons (Fsp3) is 0.538. The molecule has 0 fully saturated rings. The number of unbranched alkanes of at least 4 members (excludes halogenated alkanes) is 1. The number of hydrogen-bond acceptors (Lipinski definition) is 2. The molecule has 2 atom stereocenters. The van der Waals surface area contributed by atoms with Crippen molar-refractivity contribution in [1.82, 2.24) is 0 Å². The van der Waals surface area contributed by atoms with E-state index in [1.165, 1.54) is 0 Å². The summed E-state index contributed by atoms with van der Waals surface area (Å²) >= 11 is 3.47. The first kappa shape index (κ1) is 13.7. The summed E-state index contributed by atoms with van der Waals surface area (Å²) in [4.78, 5) is 0. The number of benzene rings is 1. The fourth-order valence-electron chi connectivity index (χ4n) is 1.59. The zero-order valence-electron chi connectivity index (χ0n) is 9.95. The van der Waals surface area contributed by atoms with E-state index in [1.807, 2.05) is 19.1 Å². The Morgan fingerprint density at radius 1 is 1.44 bits per heavy atom. The molecule has 0 aromatic heterocycles. The molecule has 0 aliphatic carbocycles. The standard InChI is InChI=1S/C13H20BrNO/c1-3-4-8-16-13(10(2)15)11-6-5-7-12(14)9-11/h5-7,9-10,13H,3-4,8,15H2,1-2H3. The van der Waals surface area contributed by atoms with Gasteiger partial charge >= 0.3 is 0 Å². The molecule has 3 heteroatoms. The molecule has 0 radical (unpaired) electrons. The second-order valence-electron chi connectivity index (χ2n) is 4.06. The monoisotopic (exact) mass is 285 g/mol. The first-order valence-electron chi connectivity index (χ1n) is 5.77. The maximum atomic E-state index is 5.96. The topological polar surface area (TPSA) is 35.2 Å². The lowest BCUT2D eigenvalue weighted by Gasteiger charge is -2.22. The summed E-state index contributed by atoms with van der Waals surface area (Å²) in [6.45, 7) is 4.91. The maximum Gasteiger partial charge on any atom is 0.0973 e. The first-order valence-corrected chi connectivity index (χ1v) is 6.57. The molecule has 0 saturated carbocycles. The van der Waals surface area contributed by atoms with Crippen LogP contribution in [0.3, 0.4) is 0 Å². The van der Waals surface area contributed by atoms with Crippen molar-refractivity contribution in [2.75, 3.05) is 6.61 Å². The van der Waals surface area contributed by atoms with Gasteiger partial charge in [0, 0.05) is 17.1 Å². The largest absolute Gasteiger partial charge is 0.372 e. The molecule has 2 unspecified atom stereocenters. The van der Waals surface area contributed by atoms with Gasteiger partial charge in [-0.05, 0) is 31.0 Å². The van der Waals surface area contributed by atoms with Gasteiger partial charge in [0.05, 0.1) is 6.10 Å². The van der Waals surface area contributed by atoms with Crippen LogP contribution in [-0.4, -0.2) is 12.6 Å². The minimum absolute atomic E-state index is 0.00570. The molecule has 2 N–H and O–H groups in total. The molecule has 1 aromatic rings. The highest BCUT2D eigenvalue weighted by atomic mass is 79.9. The van der Waals surface area contributed by atoms with Gasteiger partial charge in [-0.2, -0.15) is 0 Å². The maximum absolute atomic E-state index is 5.96. The quantitative estimate of drug-likeness (QED) is 0.810. The molecule has 0 bridgehead atoms. The van der Waals surface area contributed by atoms with Crippen LogP contribution in [0.5, 0.6) is 0 Å². The first-order chi connectivity index (χ1) is 7.65. The lowest BCUT2D eigenvalue weighted by Crippen LogP contribution is -2.27. The van der Waals surface area contributed by atoms with Crippen molar-refractivity contribution >= 4 is 15.9 Å². The van der Waals surface area contributed by atoms with E-state index < -0.39 is 0 Å². The van der Waals surface area contributed by atoms with Gasteiger partial charge in [0.25, 0.3) is 0 Å². The van der Waals surface area contributed by atoms with E-state index in [1.54, 1.807) is 0 Å². The predicted molar refractivity (Wildman–Crippen MR) is 71.4 cm³/mol. The number of nitrogens with two attached hydrogens (primary N) is 1. The van der Waals surface area contributed by atoms with Gasteiger partial charge in [-0.15, -0.1) is 0 Å². The summed E-state index contributed by atoms with van der Waals surface area (Å²) < 4.78 is 6.90. The Balaban J connectivity index is 2.69. The summed E-state index contributed by atoms with van der Waals surface area (Å²) in [5.74, 6) is 0. The van der Waals surface area contributed by atoms with E-state index in [2.05, 4.69) is 35.0 Å². The van der Waals surface area contributed by atoms with Crippen LogP contribution in [0.15, 0.2) is 28.7 Å². The normalized spacial score (nSPS) is 14.8. The molecule has 0 heterocycles. The molecule has 1 rings (SSSR count). The smallest absolute Gasteiger partial charge is 0.0973 e. The van der Waals surface area contributed by atoms with Crippen molar-refractivity contribution in [3.05, 3.63) is 34.3 Å². The Bertz CT molecular complexity index is 315. The molecule has 0 spiro atoms. The minimum atomic E-state index is -0.0101. The summed E-state index contributed by atoms with van der Waals surface area (Å²) in [6.07, 6.45) is 2.21. The predicted octanol–water partition coefficient (Wildman–Crippen LogP) is 3.65. The molecule has 0 aliphatic heterocycles. The summed E-state index contributed by atoms with van der Waals surface area (Å²) in [6, 6.07) is 8.15. The molecule has 0 amide bonds. The van der Waals surface area contributed by atoms with Gasteiger partial charge in [0.2, 0.25) is 0 Å². The van der Waals surface area contributed by atoms with Crippen LogP contribution < -0.4 is 5.73 Å². The highest BCUT2D eigenvalue weighted by molar-refractivity contribution is 9.10. The van der Waals surface area contributed by atoms with Crippen LogP contribution >= 0.6 is 15.9 Å². The van der Waals surface area contributed by atoms with Crippen molar-refractivity contribution in [2.45, 2.75) is 38.8 Å². The van der Waals surface area contributed by atoms with Crippen molar-refractivity contribution in [3.8, 4) is 0 Å². The Labute approximate surface area is 106 Å². The van der Waals surface area contributed by atoms with Crippen molar-refractivity contribution in [2.24, 2.45) is 5.73 Å². The van der Waals surface area contributed by atoms with Crippen LogP contribution in [0.2, 0.25) is 0 Å². The number of ether oxygens (including phenoxy) is 1. The van der Waals surface area contributed by atoms with Crippen LogP contribution in [-0.2, 0) is 4.74 Å². The SMILES string of the molecule is CCCCOC(c1cccc(Br)c1)C(C)N. The molecule has 1 aromatic carbocycles. The van der Waals surface area contributed by atoms with E-state index in [9.17, 15) is 0 Å². The zero-order valence-corrected chi connectivity index (χ0v) is 11.5. The van der Waals surface area contributed by atoms with Gasteiger partial charge in [0.1, 0.15) is 0 Å². The number of hydrogen-bond donors (Lipinski definition) is 1. The Hall–Kier alpha value is -0.380. The van der Waals surface area contributed by atoms with Gasteiger partial charge < -0.3 is 10.5 Å². The lowest BCUT2D eigenvalue weighted by molar-refractivity contribution is 0.0365. The lowest BCUT2D eigenvalue weighted by atomic mass is 10.0. The fourth-order valence-corrected chi connectivity index (χ4v) is 2.01. The highest BCUT2D eigenvalue weighted by Crippen LogP contribution is 2.23. The Kier molecular flexibility index (Phi) is 6.03. The van der Waals surface area contributed by atoms with Crippen molar-refractivity contribution in [1.29, 1.82) is 0 Å². The minimum Gasteiger partial charge on any atom is -0.372 e. The summed E-state index contributed by atoms with van der Waals surface area (Å²) in [7, 11) is 0. The van der Waals surface area contributed by atoms with Gasteiger partial charge in [0.15, 0.2) is 0 Å². The molecule has 16 heavy (non-hydrogen) atoms. The number of rotatable bonds is 6. The van der Waals surface area contributed by atoms with E-state index in [-0.39, 0.29) is 12.1 Å². The average molecular weight is 286 g/mol. The van der Waals surface area contributed by atoms with Crippen LogP contribution in [0.4, 0.5) is 0 Å². The molecule has 0 saturated heterocycles. The Morgan fingerprint density at radius 3 is 2.75 bits per heavy atom. The molecule has 90 valence electrons. The van der Waals surface area contributed by atoms with Crippen molar-refractivity contribution < 1.29 is 4.74 Å². The highest BCUT2D eigenvalue weighted by Gasteiger charge is 2.16. The van der Waals surface area contributed by atoms with E-state index >= 15 is 0 Å². The molecule has 0 aliphatic rings. The summed E-state index contributed by atoms with van der Waals surface area (Å²) in [5.41, 5.74) is 7.10. The van der Waals surface area contributed by atoms with Crippen molar-refractivity contribution in [3.63, 3.8) is 0 Å². The van der Waals surface area contributed by atoms with Gasteiger partial charge in [-0.1, -0.05) is 41.4 Å². The molecule has 2 nitrogen and oxygen atoms in total. The third-order valence-electron chi connectivity index (χ3n) is 2.45. The second-order valence-corrected chi connectivity index (χ2v) is 4.97. The van der Waals surface area contributed by atoms with E-state index in [0.29, 0.717) is 0 Å². The Morgan fingerprint density at radius 2 is 2.19 bits per heavy atom. The molecular weight excluding hydrogens is 266 g/mol. The third kappa shape index (κ3) is 4.24. The average Bonchev–Trinajstić information content (AvgIpc) is 2.24. The van der Waals surface area contributed by atoms with E-state index in [4.69, 9.17) is 10.5 Å². The molecular formula is C13H20BrNO. The van der Waals surface area contributed by atoms with Gasteiger partial charge in [-0.3, -0.25) is 0 Å². The number of halogens is 1. The second kappa shape index (κ2) is 7.05. The zero-order chi connectivity index (χ0) is 12.0. The van der Waals surface area contributed by atoms with Gasteiger partial charge in [-0.25, -0.2) is 0 Å². The van der Waals surface area contributed by atoms with Crippen LogP contribution in [0.1, 0.15) is 38.4 Å². The summed E-state index contributed by atoms with van der Waals surface area (Å²) in [5, 5.41) is 0. The van der Waals surface area contributed by atoms with E-state index in [0.717, 1.165) is 29.5 Å². The third-order valence-corrected chi connectivity index (χ3v) is 2.94.